The summed E-state index contributed by atoms with van der Waals surface area (Å²) in [6.07, 6.45) is 16.6. The van der Waals surface area contributed by atoms with Crippen LogP contribution in [0.3, 0.4) is 0 Å². The van der Waals surface area contributed by atoms with Crippen LogP contribution in [0, 0.1) is 29.1 Å². The van der Waals surface area contributed by atoms with E-state index in [1.54, 1.807) is 6.08 Å². The minimum Gasteiger partial charge on any atom is -0.463 e. The third-order valence-corrected chi connectivity index (χ3v) is 7.06. The van der Waals surface area contributed by atoms with Crippen molar-refractivity contribution >= 4 is 5.97 Å². The number of carbonyl (C=O) groups excluding carboxylic acids is 1. The van der Waals surface area contributed by atoms with E-state index in [-0.39, 0.29) is 5.97 Å². The van der Waals surface area contributed by atoms with Gasteiger partial charge >= 0.3 is 5.97 Å². The first-order chi connectivity index (χ1) is 13.5. The summed E-state index contributed by atoms with van der Waals surface area (Å²) in [5.41, 5.74) is 0.440. The van der Waals surface area contributed by atoms with Crippen LogP contribution in [0.5, 0.6) is 0 Å². The van der Waals surface area contributed by atoms with E-state index in [0.717, 1.165) is 24.7 Å². The first-order valence-electron chi connectivity index (χ1n) is 11.3. The van der Waals surface area contributed by atoms with Gasteiger partial charge in [-0.1, -0.05) is 44.9 Å². The average molecular weight is 393 g/mol. The molecule has 0 amide bonds. The van der Waals surface area contributed by atoms with Gasteiger partial charge < -0.3 is 4.74 Å². The Morgan fingerprint density at radius 2 is 1.86 bits per heavy atom. The van der Waals surface area contributed by atoms with E-state index in [0.29, 0.717) is 37.1 Å². The highest BCUT2D eigenvalue weighted by Crippen LogP contribution is 2.60. The topological polar surface area (TPSA) is 44.8 Å². The lowest BCUT2D eigenvalue weighted by molar-refractivity contribution is -0.282. The zero-order valence-electron chi connectivity index (χ0n) is 18.3. The van der Waals surface area contributed by atoms with Gasteiger partial charge in [-0.2, -0.15) is 0 Å². The first-order valence-corrected chi connectivity index (χ1v) is 11.3. The maximum atomic E-state index is 11.7. The van der Waals surface area contributed by atoms with E-state index in [1.807, 2.05) is 19.9 Å². The predicted molar refractivity (Wildman–Crippen MR) is 113 cm³/mol. The zero-order valence-corrected chi connectivity index (χ0v) is 18.3. The largest absolute Gasteiger partial charge is 0.463 e. The van der Waals surface area contributed by atoms with Gasteiger partial charge in [-0.25, -0.2) is 14.6 Å². The number of carbonyl (C=O) groups is 1. The van der Waals surface area contributed by atoms with Crippen molar-refractivity contribution in [1.82, 2.24) is 0 Å². The fraction of sp³-hybridized carbons (Fsp3) is 0.792. The predicted octanol–water partition coefficient (Wildman–Crippen LogP) is 5.88. The van der Waals surface area contributed by atoms with Gasteiger partial charge in [-0.05, 0) is 75.0 Å². The SMILES string of the molecule is CCOOC/C=C\CC(C/C=C\C(=O)OCC)[C@H]1CCC2[C@@H](C)CCC[C@@]21C. The monoisotopic (exact) mass is 392 g/mol. The van der Waals surface area contributed by atoms with E-state index in [1.165, 1.54) is 32.1 Å². The number of esters is 1. The molecule has 2 fully saturated rings. The molecule has 0 aromatic heterocycles. The Kier molecular flexibility index (Phi) is 9.73. The molecule has 0 N–H and O–H groups in total. The second kappa shape index (κ2) is 11.8. The lowest BCUT2D eigenvalue weighted by Gasteiger charge is -2.46. The Labute approximate surface area is 171 Å². The van der Waals surface area contributed by atoms with Crippen LogP contribution in [0.15, 0.2) is 24.3 Å². The summed E-state index contributed by atoms with van der Waals surface area (Å²) in [5.74, 6) is 2.73. The molecule has 0 aromatic carbocycles. The molecule has 0 saturated heterocycles. The Morgan fingerprint density at radius 1 is 1.07 bits per heavy atom. The van der Waals surface area contributed by atoms with Crippen molar-refractivity contribution in [1.29, 1.82) is 0 Å². The van der Waals surface area contributed by atoms with Crippen LogP contribution in [0.4, 0.5) is 0 Å². The van der Waals surface area contributed by atoms with Crippen molar-refractivity contribution in [3.8, 4) is 0 Å². The van der Waals surface area contributed by atoms with Crippen molar-refractivity contribution in [2.24, 2.45) is 29.1 Å². The molecule has 5 atom stereocenters. The standard InChI is InChI=1S/C24H40O4/c1-5-26-23(25)14-9-13-20(12-7-8-18-28-27-6-2)22-16-15-21-19(3)11-10-17-24(21,22)4/h7-9,14,19-22H,5-6,10-13,15-18H2,1-4H3/b8-7-,14-9-/t19-,20?,21?,22+,24-/m0/s1. The molecule has 4 heteroatoms. The highest BCUT2D eigenvalue weighted by atomic mass is 17.2. The summed E-state index contributed by atoms with van der Waals surface area (Å²) in [7, 11) is 0. The van der Waals surface area contributed by atoms with Crippen molar-refractivity contribution in [2.45, 2.75) is 72.6 Å². The van der Waals surface area contributed by atoms with Gasteiger partial charge in [0.05, 0.1) is 13.2 Å². The van der Waals surface area contributed by atoms with Crippen LogP contribution in [0.1, 0.15) is 72.6 Å². The fourth-order valence-corrected chi connectivity index (χ4v) is 5.84. The lowest BCUT2D eigenvalue weighted by Crippen LogP contribution is -2.38. The molecule has 2 unspecified atom stereocenters. The van der Waals surface area contributed by atoms with Crippen molar-refractivity contribution < 1.29 is 19.3 Å². The molecule has 160 valence electrons. The van der Waals surface area contributed by atoms with E-state index >= 15 is 0 Å². The summed E-state index contributed by atoms with van der Waals surface area (Å²) in [4.78, 5) is 21.7. The number of hydrogen-bond donors (Lipinski definition) is 0. The molecule has 0 aromatic rings. The molecule has 0 bridgehead atoms. The Balaban J connectivity index is 2.03. The molecule has 2 rings (SSSR count). The Bertz CT molecular complexity index is 527. The summed E-state index contributed by atoms with van der Waals surface area (Å²) >= 11 is 0. The van der Waals surface area contributed by atoms with Crippen molar-refractivity contribution in [3.63, 3.8) is 0 Å². The van der Waals surface area contributed by atoms with Gasteiger partial charge in [0.25, 0.3) is 0 Å². The maximum absolute atomic E-state index is 11.7. The Morgan fingerprint density at radius 3 is 2.61 bits per heavy atom. The third kappa shape index (κ3) is 6.18. The van der Waals surface area contributed by atoms with Gasteiger partial charge in [-0.3, -0.25) is 0 Å². The van der Waals surface area contributed by atoms with Gasteiger partial charge in [0, 0.05) is 6.08 Å². The molecule has 2 aliphatic rings. The summed E-state index contributed by atoms with van der Waals surface area (Å²) < 4.78 is 5.03. The van der Waals surface area contributed by atoms with Crippen LogP contribution in [0.2, 0.25) is 0 Å². The van der Waals surface area contributed by atoms with E-state index in [2.05, 4.69) is 26.0 Å². The second-order valence-electron chi connectivity index (χ2n) is 8.71. The number of fused-ring (bicyclic) bond motifs is 1. The highest BCUT2D eigenvalue weighted by molar-refractivity contribution is 5.81. The molecule has 0 aliphatic heterocycles. The molecule has 4 nitrogen and oxygen atoms in total. The third-order valence-electron chi connectivity index (χ3n) is 7.06. The molecule has 0 spiro atoms. The number of hydrogen-bond acceptors (Lipinski definition) is 4. The fourth-order valence-electron chi connectivity index (χ4n) is 5.84. The van der Waals surface area contributed by atoms with Crippen LogP contribution in [-0.2, 0) is 19.3 Å². The molecule has 28 heavy (non-hydrogen) atoms. The first kappa shape index (κ1) is 23.2. The average Bonchev–Trinajstić information content (AvgIpc) is 3.01. The molecule has 2 saturated carbocycles. The van der Waals surface area contributed by atoms with Crippen molar-refractivity contribution in [3.05, 3.63) is 24.3 Å². The second-order valence-corrected chi connectivity index (χ2v) is 8.71. The smallest absolute Gasteiger partial charge is 0.330 e. The highest BCUT2D eigenvalue weighted by Gasteiger charge is 2.51. The van der Waals surface area contributed by atoms with Gasteiger partial charge in [0.15, 0.2) is 0 Å². The number of allylic oxidation sites excluding steroid dienone is 2. The van der Waals surface area contributed by atoms with Gasteiger partial charge in [0.2, 0.25) is 0 Å². The van der Waals surface area contributed by atoms with Crippen LogP contribution < -0.4 is 0 Å². The zero-order chi connectivity index (χ0) is 20.4. The minimum atomic E-state index is -0.233. The van der Waals surface area contributed by atoms with E-state index < -0.39 is 0 Å². The van der Waals surface area contributed by atoms with E-state index in [4.69, 9.17) is 14.5 Å². The number of ether oxygens (including phenoxy) is 1. The summed E-state index contributed by atoms with van der Waals surface area (Å²) in [6.45, 7) is 10.2. The quantitative estimate of drug-likeness (QED) is 0.110. The summed E-state index contributed by atoms with van der Waals surface area (Å²) in [6, 6.07) is 0. The van der Waals surface area contributed by atoms with Crippen LogP contribution in [0.25, 0.3) is 0 Å². The number of rotatable bonds is 11. The van der Waals surface area contributed by atoms with E-state index in [9.17, 15) is 4.79 Å². The minimum absolute atomic E-state index is 0.233. The molecule has 0 radical (unpaired) electrons. The molecule has 2 aliphatic carbocycles. The van der Waals surface area contributed by atoms with Gasteiger partial charge in [0.1, 0.15) is 6.61 Å². The summed E-state index contributed by atoms with van der Waals surface area (Å²) in [5, 5.41) is 0. The van der Waals surface area contributed by atoms with Gasteiger partial charge in [-0.15, -0.1) is 0 Å². The van der Waals surface area contributed by atoms with Crippen LogP contribution in [-0.4, -0.2) is 25.8 Å². The maximum Gasteiger partial charge on any atom is 0.330 e. The lowest BCUT2D eigenvalue weighted by atomic mass is 9.59. The van der Waals surface area contributed by atoms with Crippen LogP contribution >= 0.6 is 0 Å². The van der Waals surface area contributed by atoms with Crippen molar-refractivity contribution in [2.75, 3.05) is 19.8 Å². The molecule has 0 heterocycles. The Hall–Kier alpha value is -1.13. The molecular weight excluding hydrogens is 352 g/mol. The normalized spacial score (nSPS) is 31.4. The molecular formula is C24H40O4.